The van der Waals surface area contributed by atoms with Crippen molar-refractivity contribution in [3.05, 3.63) is 35.4 Å². The first-order valence-electron chi connectivity index (χ1n) is 6.87. The number of methoxy groups -OCH3 is 1. The van der Waals surface area contributed by atoms with Gasteiger partial charge in [0, 0.05) is 6.54 Å². The average molecular weight is 293 g/mol. The highest BCUT2D eigenvalue weighted by Gasteiger charge is 2.24. The summed E-state index contributed by atoms with van der Waals surface area (Å²) in [5, 5.41) is 0. The van der Waals surface area contributed by atoms with Crippen LogP contribution < -0.4 is 5.73 Å². The SMILES string of the molecule is COC(=O)c1cccc(C[C@H](CN)C(=O)OC(C)(C)C)c1. The highest BCUT2D eigenvalue weighted by atomic mass is 16.6. The molecule has 0 spiro atoms. The van der Waals surface area contributed by atoms with E-state index >= 15 is 0 Å². The van der Waals surface area contributed by atoms with Crippen LogP contribution in [0.1, 0.15) is 36.7 Å². The van der Waals surface area contributed by atoms with E-state index in [1.54, 1.807) is 18.2 Å². The van der Waals surface area contributed by atoms with Crippen LogP contribution in [0.5, 0.6) is 0 Å². The largest absolute Gasteiger partial charge is 0.465 e. The molecular weight excluding hydrogens is 270 g/mol. The molecule has 21 heavy (non-hydrogen) atoms. The summed E-state index contributed by atoms with van der Waals surface area (Å²) in [4.78, 5) is 23.6. The quantitative estimate of drug-likeness (QED) is 0.839. The maximum Gasteiger partial charge on any atom is 0.337 e. The third kappa shape index (κ3) is 5.55. The molecule has 1 aromatic rings. The second-order valence-corrected chi connectivity index (χ2v) is 5.86. The summed E-state index contributed by atoms with van der Waals surface area (Å²) >= 11 is 0. The van der Waals surface area contributed by atoms with Crippen molar-refractivity contribution in [1.82, 2.24) is 0 Å². The van der Waals surface area contributed by atoms with Gasteiger partial charge in [-0.25, -0.2) is 4.79 Å². The van der Waals surface area contributed by atoms with Gasteiger partial charge in [0.15, 0.2) is 0 Å². The Hall–Kier alpha value is -1.88. The van der Waals surface area contributed by atoms with Crippen LogP contribution in [0, 0.1) is 5.92 Å². The van der Waals surface area contributed by atoms with Crippen LogP contribution in [0.15, 0.2) is 24.3 Å². The molecule has 1 rings (SSSR count). The lowest BCUT2D eigenvalue weighted by molar-refractivity contribution is -0.159. The van der Waals surface area contributed by atoms with E-state index in [1.165, 1.54) is 7.11 Å². The number of carbonyl (C=O) groups is 2. The second kappa shape index (κ2) is 7.22. The molecule has 0 aromatic heterocycles. The van der Waals surface area contributed by atoms with Crippen molar-refractivity contribution in [2.75, 3.05) is 13.7 Å². The molecule has 0 aliphatic carbocycles. The van der Waals surface area contributed by atoms with Gasteiger partial charge in [0.05, 0.1) is 18.6 Å². The fraction of sp³-hybridized carbons (Fsp3) is 0.500. The minimum atomic E-state index is -0.543. The average Bonchev–Trinajstić information content (AvgIpc) is 2.42. The molecule has 0 heterocycles. The van der Waals surface area contributed by atoms with E-state index in [0.717, 1.165) is 5.56 Å². The summed E-state index contributed by atoms with van der Waals surface area (Å²) < 4.78 is 10.0. The smallest absolute Gasteiger partial charge is 0.337 e. The van der Waals surface area contributed by atoms with Crippen LogP contribution in [0.25, 0.3) is 0 Å². The molecule has 1 atom stereocenters. The van der Waals surface area contributed by atoms with Crippen LogP contribution in [-0.2, 0) is 20.7 Å². The maximum atomic E-state index is 12.1. The molecule has 0 aliphatic rings. The molecule has 0 radical (unpaired) electrons. The third-order valence-corrected chi connectivity index (χ3v) is 2.85. The Balaban J connectivity index is 2.82. The molecule has 0 aliphatic heterocycles. The van der Waals surface area contributed by atoms with Crippen molar-refractivity contribution in [2.45, 2.75) is 32.8 Å². The Morgan fingerprint density at radius 1 is 1.29 bits per heavy atom. The zero-order chi connectivity index (χ0) is 16.0. The number of nitrogens with two attached hydrogens (primary N) is 1. The van der Waals surface area contributed by atoms with Gasteiger partial charge >= 0.3 is 11.9 Å². The molecule has 0 bridgehead atoms. The minimum Gasteiger partial charge on any atom is -0.465 e. The summed E-state index contributed by atoms with van der Waals surface area (Å²) in [6.45, 7) is 5.64. The predicted octanol–water partition coefficient (Wildman–Crippen LogP) is 1.93. The highest BCUT2D eigenvalue weighted by molar-refractivity contribution is 5.89. The molecule has 0 unspecified atom stereocenters. The first kappa shape index (κ1) is 17.2. The van der Waals surface area contributed by atoms with Crippen molar-refractivity contribution in [3.8, 4) is 0 Å². The molecule has 0 saturated carbocycles. The Bertz CT molecular complexity index is 505. The predicted molar refractivity (Wildman–Crippen MR) is 79.9 cm³/mol. The monoisotopic (exact) mass is 293 g/mol. The van der Waals surface area contributed by atoms with E-state index in [0.29, 0.717) is 12.0 Å². The summed E-state index contributed by atoms with van der Waals surface area (Å²) in [7, 11) is 1.33. The van der Waals surface area contributed by atoms with Gasteiger partial charge in [0.25, 0.3) is 0 Å². The number of benzene rings is 1. The number of esters is 2. The zero-order valence-electron chi connectivity index (χ0n) is 13.0. The maximum absolute atomic E-state index is 12.1. The van der Waals surface area contributed by atoms with Crippen LogP contribution >= 0.6 is 0 Å². The van der Waals surface area contributed by atoms with Gasteiger partial charge in [-0.3, -0.25) is 4.79 Å². The molecular formula is C16H23NO4. The standard InChI is InChI=1S/C16H23NO4/c1-16(2,3)21-15(19)13(10-17)9-11-6-5-7-12(8-11)14(18)20-4/h5-8,13H,9-10,17H2,1-4H3/t13-/m1/s1. The van der Waals surface area contributed by atoms with Crippen molar-refractivity contribution in [2.24, 2.45) is 11.7 Å². The van der Waals surface area contributed by atoms with Gasteiger partial charge in [-0.2, -0.15) is 0 Å². The van der Waals surface area contributed by atoms with Gasteiger partial charge < -0.3 is 15.2 Å². The molecule has 0 amide bonds. The number of rotatable bonds is 5. The highest BCUT2D eigenvalue weighted by Crippen LogP contribution is 2.16. The van der Waals surface area contributed by atoms with Crippen LogP contribution in [0.3, 0.4) is 0 Å². The lowest BCUT2D eigenvalue weighted by Crippen LogP contribution is -2.33. The van der Waals surface area contributed by atoms with Crippen molar-refractivity contribution < 1.29 is 19.1 Å². The van der Waals surface area contributed by atoms with Gasteiger partial charge in [0.2, 0.25) is 0 Å². The Morgan fingerprint density at radius 3 is 2.48 bits per heavy atom. The van der Waals surface area contributed by atoms with E-state index in [9.17, 15) is 9.59 Å². The van der Waals surface area contributed by atoms with E-state index < -0.39 is 17.5 Å². The molecule has 116 valence electrons. The molecule has 2 N–H and O–H groups in total. The Morgan fingerprint density at radius 2 is 1.95 bits per heavy atom. The number of hydrogen-bond donors (Lipinski definition) is 1. The molecule has 5 nitrogen and oxygen atoms in total. The van der Waals surface area contributed by atoms with Crippen molar-refractivity contribution in [3.63, 3.8) is 0 Å². The Kier molecular flexibility index (Phi) is 5.90. The van der Waals surface area contributed by atoms with Gasteiger partial charge in [-0.1, -0.05) is 12.1 Å². The molecule has 0 fully saturated rings. The van der Waals surface area contributed by atoms with E-state index in [2.05, 4.69) is 4.74 Å². The topological polar surface area (TPSA) is 78.6 Å². The minimum absolute atomic E-state index is 0.192. The lowest BCUT2D eigenvalue weighted by Gasteiger charge is -2.23. The first-order valence-corrected chi connectivity index (χ1v) is 6.87. The fourth-order valence-electron chi connectivity index (χ4n) is 1.88. The molecule has 0 saturated heterocycles. The first-order chi connectivity index (χ1) is 9.76. The lowest BCUT2D eigenvalue weighted by atomic mass is 9.97. The number of carbonyl (C=O) groups excluding carboxylic acids is 2. The van der Waals surface area contributed by atoms with Crippen LogP contribution in [-0.4, -0.2) is 31.2 Å². The second-order valence-electron chi connectivity index (χ2n) is 5.86. The normalized spacial score (nSPS) is 12.6. The molecule has 1 aromatic carbocycles. The van der Waals surface area contributed by atoms with E-state index in [-0.39, 0.29) is 12.5 Å². The zero-order valence-corrected chi connectivity index (χ0v) is 13.0. The Labute approximate surface area is 125 Å². The van der Waals surface area contributed by atoms with Gasteiger partial charge in [-0.05, 0) is 44.9 Å². The van der Waals surface area contributed by atoms with Crippen molar-refractivity contribution >= 4 is 11.9 Å². The molecule has 5 heteroatoms. The van der Waals surface area contributed by atoms with Crippen LogP contribution in [0.4, 0.5) is 0 Å². The summed E-state index contributed by atoms with van der Waals surface area (Å²) in [5.41, 5.74) is 6.43. The van der Waals surface area contributed by atoms with Gasteiger partial charge in [0.1, 0.15) is 5.60 Å². The van der Waals surface area contributed by atoms with Crippen LogP contribution in [0.2, 0.25) is 0 Å². The third-order valence-electron chi connectivity index (χ3n) is 2.85. The number of ether oxygens (including phenoxy) is 2. The number of hydrogen-bond acceptors (Lipinski definition) is 5. The summed E-state index contributed by atoms with van der Waals surface area (Å²) in [5.74, 6) is -1.16. The van der Waals surface area contributed by atoms with E-state index in [1.807, 2.05) is 26.8 Å². The van der Waals surface area contributed by atoms with E-state index in [4.69, 9.17) is 10.5 Å². The summed E-state index contributed by atoms with van der Waals surface area (Å²) in [6.07, 6.45) is 0.427. The van der Waals surface area contributed by atoms with Crippen molar-refractivity contribution in [1.29, 1.82) is 0 Å². The van der Waals surface area contributed by atoms with Gasteiger partial charge in [-0.15, -0.1) is 0 Å². The fourth-order valence-corrected chi connectivity index (χ4v) is 1.88. The summed E-state index contributed by atoms with van der Waals surface area (Å²) in [6, 6.07) is 6.98.